The van der Waals surface area contributed by atoms with E-state index in [1.807, 2.05) is 17.9 Å². The zero-order chi connectivity index (χ0) is 13.2. The minimum atomic E-state index is 0.187. The molecule has 4 nitrogen and oxygen atoms in total. The molecule has 2 aliphatic carbocycles. The highest BCUT2D eigenvalue weighted by atomic mass is 16.1. The SMILES string of the molecule is Cn1ncc2c1CCCC2NC(=O)C1CCCCC1. The number of aryl methyl sites for hydroxylation is 1. The molecule has 4 heteroatoms. The Labute approximate surface area is 114 Å². The number of rotatable bonds is 2. The van der Waals surface area contributed by atoms with Gasteiger partial charge in [-0.1, -0.05) is 19.3 Å². The van der Waals surface area contributed by atoms with Gasteiger partial charge in [0.1, 0.15) is 0 Å². The topological polar surface area (TPSA) is 46.9 Å². The summed E-state index contributed by atoms with van der Waals surface area (Å²) in [5.74, 6) is 0.511. The normalized spacial score (nSPS) is 23.9. The Morgan fingerprint density at radius 1 is 1.26 bits per heavy atom. The van der Waals surface area contributed by atoms with Crippen LogP contribution in [0.2, 0.25) is 0 Å². The Morgan fingerprint density at radius 2 is 2.05 bits per heavy atom. The van der Waals surface area contributed by atoms with Gasteiger partial charge in [-0.05, 0) is 32.1 Å². The fraction of sp³-hybridized carbons (Fsp3) is 0.733. The van der Waals surface area contributed by atoms with Crippen LogP contribution in [-0.4, -0.2) is 15.7 Å². The lowest BCUT2D eigenvalue weighted by molar-refractivity contribution is -0.126. The lowest BCUT2D eigenvalue weighted by Gasteiger charge is -2.27. The molecule has 0 bridgehead atoms. The largest absolute Gasteiger partial charge is 0.349 e. The number of hydrogen-bond donors (Lipinski definition) is 1. The summed E-state index contributed by atoms with van der Waals surface area (Å²) in [7, 11) is 1.99. The van der Waals surface area contributed by atoms with Crippen molar-refractivity contribution in [1.29, 1.82) is 0 Å². The van der Waals surface area contributed by atoms with Gasteiger partial charge >= 0.3 is 0 Å². The fourth-order valence-electron chi connectivity index (χ4n) is 3.51. The number of nitrogens with one attached hydrogen (secondary N) is 1. The van der Waals surface area contributed by atoms with Crippen molar-refractivity contribution in [3.05, 3.63) is 17.5 Å². The van der Waals surface area contributed by atoms with E-state index in [9.17, 15) is 4.79 Å². The fourth-order valence-corrected chi connectivity index (χ4v) is 3.51. The van der Waals surface area contributed by atoms with E-state index in [1.165, 1.54) is 30.5 Å². The number of carbonyl (C=O) groups is 1. The minimum absolute atomic E-state index is 0.187. The predicted molar refractivity (Wildman–Crippen MR) is 73.6 cm³/mol. The molecule has 1 atom stereocenters. The molecule has 0 spiro atoms. The number of amides is 1. The summed E-state index contributed by atoms with van der Waals surface area (Å²) in [6.07, 6.45) is 11.1. The summed E-state index contributed by atoms with van der Waals surface area (Å²) >= 11 is 0. The molecule has 104 valence electrons. The van der Waals surface area contributed by atoms with Crippen LogP contribution in [0.25, 0.3) is 0 Å². The minimum Gasteiger partial charge on any atom is -0.349 e. The molecular weight excluding hydrogens is 238 g/mol. The van der Waals surface area contributed by atoms with E-state index in [4.69, 9.17) is 0 Å². The molecule has 2 aliphatic rings. The van der Waals surface area contributed by atoms with Gasteiger partial charge in [-0.25, -0.2) is 0 Å². The van der Waals surface area contributed by atoms with Crippen molar-refractivity contribution in [3.8, 4) is 0 Å². The van der Waals surface area contributed by atoms with Crippen LogP contribution in [0.1, 0.15) is 62.2 Å². The van der Waals surface area contributed by atoms with E-state index in [0.29, 0.717) is 0 Å². The van der Waals surface area contributed by atoms with Crippen LogP contribution in [0.5, 0.6) is 0 Å². The van der Waals surface area contributed by atoms with Crippen molar-refractivity contribution in [1.82, 2.24) is 15.1 Å². The quantitative estimate of drug-likeness (QED) is 0.889. The van der Waals surface area contributed by atoms with Crippen molar-refractivity contribution in [2.24, 2.45) is 13.0 Å². The van der Waals surface area contributed by atoms with E-state index in [1.54, 1.807) is 0 Å². The van der Waals surface area contributed by atoms with E-state index in [2.05, 4.69) is 10.4 Å². The van der Waals surface area contributed by atoms with E-state index in [-0.39, 0.29) is 17.9 Å². The lowest BCUT2D eigenvalue weighted by Crippen LogP contribution is -2.36. The third kappa shape index (κ3) is 2.53. The predicted octanol–water partition coefficient (Wildman–Crippen LogP) is 2.49. The second-order valence-electron chi connectivity index (χ2n) is 5.96. The number of hydrogen-bond acceptors (Lipinski definition) is 2. The molecule has 19 heavy (non-hydrogen) atoms. The van der Waals surface area contributed by atoms with Crippen LogP contribution in [-0.2, 0) is 18.3 Å². The second kappa shape index (κ2) is 5.35. The van der Waals surface area contributed by atoms with Crippen LogP contribution >= 0.6 is 0 Å². The van der Waals surface area contributed by atoms with E-state index >= 15 is 0 Å². The molecule has 0 aromatic carbocycles. The van der Waals surface area contributed by atoms with Gasteiger partial charge < -0.3 is 5.32 Å². The third-order valence-corrected chi connectivity index (χ3v) is 4.67. The molecule has 1 unspecified atom stereocenters. The zero-order valence-electron chi connectivity index (χ0n) is 11.7. The molecule has 1 fully saturated rings. The standard InChI is InChI=1S/C15H23N3O/c1-18-14-9-5-8-13(12(14)10-16-18)17-15(19)11-6-3-2-4-7-11/h10-11,13H,2-9H2,1H3,(H,17,19). The molecule has 0 radical (unpaired) electrons. The van der Waals surface area contributed by atoms with Gasteiger partial charge in [0.2, 0.25) is 5.91 Å². The maximum Gasteiger partial charge on any atom is 0.223 e. The first-order valence-electron chi connectivity index (χ1n) is 7.57. The molecule has 0 saturated heterocycles. The third-order valence-electron chi connectivity index (χ3n) is 4.67. The highest BCUT2D eigenvalue weighted by molar-refractivity contribution is 5.79. The van der Waals surface area contributed by atoms with Crippen LogP contribution in [0.15, 0.2) is 6.20 Å². The Balaban J connectivity index is 1.68. The molecule has 0 aliphatic heterocycles. The zero-order valence-corrected chi connectivity index (χ0v) is 11.7. The maximum atomic E-state index is 12.3. The van der Waals surface area contributed by atoms with Crippen molar-refractivity contribution in [3.63, 3.8) is 0 Å². The number of fused-ring (bicyclic) bond motifs is 1. The summed E-state index contributed by atoms with van der Waals surface area (Å²) in [6.45, 7) is 0. The molecule has 1 amide bonds. The monoisotopic (exact) mass is 261 g/mol. The van der Waals surface area contributed by atoms with Gasteiger partial charge in [0, 0.05) is 24.2 Å². The van der Waals surface area contributed by atoms with Crippen LogP contribution in [0, 0.1) is 5.92 Å². The first-order valence-corrected chi connectivity index (χ1v) is 7.57. The molecule has 1 aromatic rings. The molecule has 1 saturated carbocycles. The summed E-state index contributed by atoms with van der Waals surface area (Å²) in [6, 6.07) is 0.187. The molecular formula is C15H23N3O. The van der Waals surface area contributed by atoms with Crippen molar-refractivity contribution >= 4 is 5.91 Å². The smallest absolute Gasteiger partial charge is 0.223 e. The van der Waals surface area contributed by atoms with Gasteiger partial charge in [0.05, 0.1) is 12.2 Å². The average Bonchev–Trinajstić information content (AvgIpc) is 2.83. The summed E-state index contributed by atoms with van der Waals surface area (Å²) in [5, 5.41) is 7.60. The van der Waals surface area contributed by atoms with Gasteiger partial charge in [0.15, 0.2) is 0 Å². The van der Waals surface area contributed by atoms with Crippen molar-refractivity contribution in [2.75, 3.05) is 0 Å². The van der Waals surface area contributed by atoms with Gasteiger partial charge in [-0.15, -0.1) is 0 Å². The summed E-state index contributed by atoms with van der Waals surface area (Å²) < 4.78 is 1.95. The number of carbonyl (C=O) groups excluding carboxylic acids is 1. The highest BCUT2D eigenvalue weighted by Gasteiger charge is 2.28. The molecule has 1 heterocycles. The Morgan fingerprint density at radius 3 is 2.84 bits per heavy atom. The Kier molecular flexibility index (Phi) is 3.58. The van der Waals surface area contributed by atoms with Crippen LogP contribution < -0.4 is 5.32 Å². The van der Waals surface area contributed by atoms with Crippen molar-refractivity contribution < 1.29 is 4.79 Å². The average molecular weight is 261 g/mol. The molecule has 1 aromatic heterocycles. The van der Waals surface area contributed by atoms with Gasteiger partial charge in [0.25, 0.3) is 0 Å². The van der Waals surface area contributed by atoms with E-state index < -0.39 is 0 Å². The van der Waals surface area contributed by atoms with Crippen LogP contribution in [0.3, 0.4) is 0 Å². The summed E-state index contributed by atoms with van der Waals surface area (Å²) in [5.41, 5.74) is 2.53. The van der Waals surface area contributed by atoms with Crippen molar-refractivity contribution in [2.45, 2.75) is 57.4 Å². The maximum absolute atomic E-state index is 12.3. The first kappa shape index (κ1) is 12.7. The Bertz CT molecular complexity index is 460. The molecule has 3 rings (SSSR count). The number of aromatic nitrogens is 2. The molecule has 1 N–H and O–H groups in total. The van der Waals surface area contributed by atoms with Gasteiger partial charge in [-0.2, -0.15) is 5.10 Å². The second-order valence-corrected chi connectivity index (χ2v) is 5.96. The Hall–Kier alpha value is -1.32. The van der Waals surface area contributed by atoms with Crippen LogP contribution in [0.4, 0.5) is 0 Å². The van der Waals surface area contributed by atoms with Gasteiger partial charge in [-0.3, -0.25) is 9.48 Å². The number of nitrogens with zero attached hydrogens (tertiary/aromatic N) is 2. The first-order chi connectivity index (χ1) is 9.25. The highest BCUT2D eigenvalue weighted by Crippen LogP contribution is 2.30. The van der Waals surface area contributed by atoms with E-state index in [0.717, 1.165) is 32.1 Å². The summed E-state index contributed by atoms with van der Waals surface area (Å²) in [4.78, 5) is 12.3. The lowest BCUT2D eigenvalue weighted by atomic mass is 9.87.